The Bertz CT molecular complexity index is 493. The van der Waals surface area contributed by atoms with E-state index in [1.54, 1.807) is 0 Å². The van der Waals surface area contributed by atoms with Crippen LogP contribution >= 0.6 is 0 Å². The molecule has 0 amide bonds. The summed E-state index contributed by atoms with van der Waals surface area (Å²) in [6.45, 7) is 0.830. The van der Waals surface area contributed by atoms with Crippen LogP contribution in [-0.4, -0.2) is 21.5 Å². The van der Waals surface area contributed by atoms with E-state index in [-0.39, 0.29) is 0 Å². The molecular formula is C17H26N4. The Labute approximate surface area is 127 Å². The molecule has 1 aromatic carbocycles. The van der Waals surface area contributed by atoms with Crippen molar-refractivity contribution >= 4 is 0 Å². The number of benzene rings is 1. The van der Waals surface area contributed by atoms with Crippen LogP contribution in [0, 0.1) is 0 Å². The summed E-state index contributed by atoms with van der Waals surface area (Å²) in [4.78, 5) is 0. The number of hydrogen-bond donors (Lipinski definition) is 1. The molecule has 0 saturated carbocycles. The Kier molecular flexibility index (Phi) is 6.95. The van der Waals surface area contributed by atoms with Crippen LogP contribution in [0.1, 0.15) is 50.6 Å². The maximum atomic E-state index is 5.49. The Morgan fingerprint density at radius 3 is 2.24 bits per heavy atom. The maximum Gasteiger partial charge on any atom is 0.0729 e. The van der Waals surface area contributed by atoms with E-state index >= 15 is 0 Å². The average Bonchev–Trinajstić information content (AvgIpc) is 2.99. The molecule has 114 valence electrons. The fraction of sp³-hybridized carbons (Fsp3) is 0.529. The van der Waals surface area contributed by atoms with Gasteiger partial charge in [0.1, 0.15) is 0 Å². The molecule has 1 aromatic heterocycles. The monoisotopic (exact) mass is 286 g/mol. The molecule has 0 spiro atoms. The van der Waals surface area contributed by atoms with Crippen molar-refractivity contribution in [3.8, 4) is 5.69 Å². The molecule has 4 heteroatoms. The van der Waals surface area contributed by atoms with Gasteiger partial charge in [0.25, 0.3) is 0 Å². The van der Waals surface area contributed by atoms with Crippen LogP contribution in [0.2, 0.25) is 0 Å². The predicted molar refractivity (Wildman–Crippen MR) is 86.4 cm³/mol. The van der Waals surface area contributed by atoms with Gasteiger partial charge in [-0.1, -0.05) is 55.5 Å². The van der Waals surface area contributed by atoms with Gasteiger partial charge in [-0.25, -0.2) is 4.68 Å². The molecule has 0 saturated heterocycles. The van der Waals surface area contributed by atoms with Gasteiger partial charge in [-0.05, 0) is 37.9 Å². The Hall–Kier alpha value is -1.68. The molecule has 2 N–H and O–H groups in total. The zero-order valence-electron chi connectivity index (χ0n) is 12.7. The molecule has 0 atom stereocenters. The summed E-state index contributed by atoms with van der Waals surface area (Å²) in [7, 11) is 0. The molecule has 2 rings (SSSR count). The highest BCUT2D eigenvalue weighted by Gasteiger charge is 2.05. The summed E-state index contributed by atoms with van der Waals surface area (Å²) < 4.78 is 1.95. The van der Waals surface area contributed by atoms with Crippen LogP contribution in [0.4, 0.5) is 0 Å². The van der Waals surface area contributed by atoms with Crippen LogP contribution in [0.3, 0.4) is 0 Å². The second kappa shape index (κ2) is 9.29. The van der Waals surface area contributed by atoms with Crippen molar-refractivity contribution < 1.29 is 0 Å². The van der Waals surface area contributed by atoms with Gasteiger partial charge in [-0.2, -0.15) is 0 Å². The molecule has 0 fully saturated rings. The molecule has 0 unspecified atom stereocenters. The molecule has 4 nitrogen and oxygen atoms in total. The molecule has 21 heavy (non-hydrogen) atoms. The van der Waals surface area contributed by atoms with Crippen LogP contribution in [0.5, 0.6) is 0 Å². The van der Waals surface area contributed by atoms with Crippen molar-refractivity contribution in [3.63, 3.8) is 0 Å². The molecule has 0 aliphatic carbocycles. The van der Waals surface area contributed by atoms with Gasteiger partial charge in [0.05, 0.1) is 17.6 Å². The lowest BCUT2D eigenvalue weighted by Gasteiger charge is -2.06. The molecule has 0 aliphatic heterocycles. The highest BCUT2D eigenvalue weighted by Crippen LogP contribution is 2.13. The zero-order chi connectivity index (χ0) is 14.8. The first-order chi connectivity index (χ1) is 10.4. The minimum atomic E-state index is 0.830. The summed E-state index contributed by atoms with van der Waals surface area (Å²) in [5, 5.41) is 8.24. The van der Waals surface area contributed by atoms with Gasteiger partial charge in [-0.15, -0.1) is 5.10 Å². The predicted octanol–water partition coefficient (Wildman–Crippen LogP) is 3.50. The number of aromatic nitrogens is 3. The Balaban J connectivity index is 1.69. The van der Waals surface area contributed by atoms with Gasteiger partial charge in [0.2, 0.25) is 0 Å². The molecule has 0 aliphatic rings. The first-order valence-corrected chi connectivity index (χ1v) is 8.07. The van der Waals surface area contributed by atoms with E-state index in [9.17, 15) is 0 Å². The third-order valence-corrected chi connectivity index (χ3v) is 3.76. The third-order valence-electron chi connectivity index (χ3n) is 3.76. The highest BCUT2D eigenvalue weighted by molar-refractivity contribution is 5.31. The smallest absolute Gasteiger partial charge is 0.0729 e. The van der Waals surface area contributed by atoms with Crippen molar-refractivity contribution in [2.75, 3.05) is 6.54 Å². The molecule has 0 radical (unpaired) electrons. The lowest BCUT2D eigenvalue weighted by molar-refractivity contribution is 0.577. The fourth-order valence-electron chi connectivity index (χ4n) is 2.55. The number of para-hydroxylation sites is 1. The summed E-state index contributed by atoms with van der Waals surface area (Å²) in [6.07, 6.45) is 11.8. The van der Waals surface area contributed by atoms with E-state index in [0.717, 1.165) is 18.7 Å². The molecule has 0 bridgehead atoms. The maximum absolute atomic E-state index is 5.49. The lowest BCUT2D eigenvalue weighted by Crippen LogP contribution is -2.02. The zero-order valence-corrected chi connectivity index (χ0v) is 12.7. The standard InChI is InChI=1S/C17H26N4/c18-14-10-5-3-1-2-4-7-13-17-15-19-20-21(17)16-11-8-6-9-12-16/h6,8-9,11-12,15H,1-5,7,10,13-14,18H2. The second-order valence-electron chi connectivity index (χ2n) is 5.49. The molecule has 1 heterocycles. The first kappa shape index (κ1) is 15.7. The van der Waals surface area contributed by atoms with Crippen LogP contribution < -0.4 is 5.73 Å². The third kappa shape index (κ3) is 5.31. The Morgan fingerprint density at radius 1 is 0.857 bits per heavy atom. The van der Waals surface area contributed by atoms with Crippen molar-refractivity contribution in [1.29, 1.82) is 0 Å². The summed E-state index contributed by atoms with van der Waals surface area (Å²) in [6, 6.07) is 10.2. The van der Waals surface area contributed by atoms with E-state index in [2.05, 4.69) is 22.4 Å². The number of hydrogen-bond acceptors (Lipinski definition) is 3. The number of aryl methyl sites for hydroxylation is 1. The number of unbranched alkanes of at least 4 members (excludes halogenated alkanes) is 6. The normalized spacial score (nSPS) is 10.9. The van der Waals surface area contributed by atoms with Gasteiger partial charge < -0.3 is 5.73 Å². The minimum Gasteiger partial charge on any atom is -0.330 e. The fourth-order valence-corrected chi connectivity index (χ4v) is 2.55. The number of nitrogens with zero attached hydrogens (tertiary/aromatic N) is 3. The van der Waals surface area contributed by atoms with Crippen molar-refractivity contribution in [1.82, 2.24) is 15.0 Å². The van der Waals surface area contributed by atoms with Crippen molar-refractivity contribution in [2.45, 2.75) is 51.4 Å². The van der Waals surface area contributed by atoms with E-state index in [1.807, 2.05) is 29.1 Å². The first-order valence-electron chi connectivity index (χ1n) is 8.07. The second-order valence-corrected chi connectivity index (χ2v) is 5.49. The van der Waals surface area contributed by atoms with Crippen LogP contribution in [0.15, 0.2) is 36.5 Å². The number of rotatable bonds is 10. The largest absolute Gasteiger partial charge is 0.330 e. The number of nitrogens with two attached hydrogens (primary N) is 1. The SMILES string of the molecule is NCCCCCCCCCc1cnnn1-c1ccccc1. The minimum absolute atomic E-state index is 0.830. The van der Waals surface area contributed by atoms with E-state index in [4.69, 9.17) is 5.73 Å². The quantitative estimate of drug-likeness (QED) is 0.680. The van der Waals surface area contributed by atoms with Crippen molar-refractivity contribution in [2.24, 2.45) is 5.73 Å². The van der Waals surface area contributed by atoms with Crippen molar-refractivity contribution in [3.05, 3.63) is 42.2 Å². The van der Waals surface area contributed by atoms with E-state index in [1.165, 1.54) is 50.6 Å². The van der Waals surface area contributed by atoms with E-state index < -0.39 is 0 Å². The van der Waals surface area contributed by atoms with Gasteiger partial charge >= 0.3 is 0 Å². The molecule has 2 aromatic rings. The average molecular weight is 286 g/mol. The summed E-state index contributed by atoms with van der Waals surface area (Å²) in [5.74, 6) is 0. The van der Waals surface area contributed by atoms with Gasteiger partial charge in [0, 0.05) is 0 Å². The van der Waals surface area contributed by atoms with Gasteiger partial charge in [0.15, 0.2) is 0 Å². The lowest BCUT2D eigenvalue weighted by atomic mass is 10.1. The summed E-state index contributed by atoms with van der Waals surface area (Å²) >= 11 is 0. The van der Waals surface area contributed by atoms with Gasteiger partial charge in [-0.3, -0.25) is 0 Å². The Morgan fingerprint density at radius 2 is 1.52 bits per heavy atom. The van der Waals surface area contributed by atoms with E-state index in [0.29, 0.717) is 0 Å². The summed E-state index contributed by atoms with van der Waals surface area (Å²) in [5.41, 5.74) is 7.78. The topological polar surface area (TPSA) is 56.7 Å². The highest BCUT2D eigenvalue weighted by atomic mass is 15.4. The van der Waals surface area contributed by atoms with Crippen LogP contribution in [0.25, 0.3) is 5.69 Å². The van der Waals surface area contributed by atoms with Crippen LogP contribution in [-0.2, 0) is 6.42 Å². The molecular weight excluding hydrogens is 260 g/mol.